The van der Waals surface area contributed by atoms with E-state index in [1.54, 1.807) is 0 Å². The van der Waals surface area contributed by atoms with Crippen LogP contribution >= 0.6 is 11.3 Å². The molecule has 0 spiro atoms. The van der Waals surface area contributed by atoms with E-state index < -0.39 is 17.9 Å². The summed E-state index contributed by atoms with van der Waals surface area (Å²) in [5.41, 5.74) is 5.20. The number of carbonyl (C=O) groups excluding carboxylic acids is 1. The largest absolute Gasteiger partial charge is 0.480 e. The number of rotatable bonds is 6. The Kier molecular flexibility index (Phi) is 4.45. The number of nitrogens with two attached hydrogens (primary N) is 1. The average molecular weight is 257 g/mol. The van der Waals surface area contributed by atoms with Crippen LogP contribution in [0.25, 0.3) is 0 Å². The van der Waals surface area contributed by atoms with Crippen molar-refractivity contribution in [3.8, 4) is 0 Å². The third-order valence-corrected chi connectivity index (χ3v) is 2.83. The summed E-state index contributed by atoms with van der Waals surface area (Å²) < 4.78 is 0. The molecule has 0 aliphatic carbocycles. The fourth-order valence-electron chi connectivity index (χ4n) is 1.30. The number of hydrogen-bond acceptors (Lipinski definition) is 5. The Labute approximate surface area is 103 Å². The molecule has 0 radical (unpaired) electrons. The average Bonchev–Trinajstić information content (AvgIpc) is 2.64. The summed E-state index contributed by atoms with van der Waals surface area (Å²) in [5, 5.41) is 13.7. The van der Waals surface area contributed by atoms with Gasteiger partial charge >= 0.3 is 5.97 Å². The van der Waals surface area contributed by atoms with E-state index in [1.807, 2.05) is 13.8 Å². The SMILES string of the molecule is CC(C)CC(Nc1nc(C(N)=O)cs1)C(=O)O. The highest BCUT2D eigenvalue weighted by Gasteiger charge is 2.20. The molecule has 1 unspecified atom stereocenters. The molecule has 7 heteroatoms. The number of aromatic nitrogens is 1. The van der Waals surface area contributed by atoms with E-state index in [0.717, 1.165) is 11.3 Å². The van der Waals surface area contributed by atoms with Crippen LogP contribution < -0.4 is 11.1 Å². The van der Waals surface area contributed by atoms with Crippen LogP contribution in [-0.2, 0) is 4.79 Å². The van der Waals surface area contributed by atoms with E-state index in [0.29, 0.717) is 11.6 Å². The van der Waals surface area contributed by atoms with Gasteiger partial charge in [0.15, 0.2) is 5.13 Å². The van der Waals surface area contributed by atoms with Crippen LogP contribution in [0.3, 0.4) is 0 Å². The zero-order valence-corrected chi connectivity index (χ0v) is 10.5. The summed E-state index contributed by atoms with van der Waals surface area (Å²) in [4.78, 5) is 25.7. The first kappa shape index (κ1) is 13.4. The Morgan fingerprint density at radius 2 is 2.24 bits per heavy atom. The van der Waals surface area contributed by atoms with Gasteiger partial charge in [-0.25, -0.2) is 9.78 Å². The Balaban J connectivity index is 2.72. The summed E-state index contributed by atoms with van der Waals surface area (Å²) >= 11 is 1.16. The van der Waals surface area contributed by atoms with Crippen LogP contribution in [0.15, 0.2) is 5.38 Å². The Morgan fingerprint density at radius 3 is 2.65 bits per heavy atom. The van der Waals surface area contributed by atoms with Gasteiger partial charge in [0.25, 0.3) is 5.91 Å². The van der Waals surface area contributed by atoms with Crippen molar-refractivity contribution in [2.45, 2.75) is 26.3 Å². The molecular formula is C10H15N3O3S. The monoisotopic (exact) mass is 257 g/mol. The van der Waals surface area contributed by atoms with Crippen molar-refractivity contribution in [3.63, 3.8) is 0 Å². The second-order valence-electron chi connectivity index (χ2n) is 4.07. The predicted molar refractivity (Wildman–Crippen MR) is 65.1 cm³/mol. The highest BCUT2D eigenvalue weighted by atomic mass is 32.1. The molecular weight excluding hydrogens is 242 g/mol. The van der Waals surface area contributed by atoms with E-state index in [4.69, 9.17) is 10.8 Å². The number of carboxylic acid groups (broad SMARTS) is 1. The summed E-state index contributed by atoms with van der Waals surface area (Å²) in [6.45, 7) is 3.88. The highest BCUT2D eigenvalue weighted by Crippen LogP contribution is 2.18. The van der Waals surface area contributed by atoms with Crippen molar-refractivity contribution >= 4 is 28.3 Å². The minimum Gasteiger partial charge on any atom is -0.480 e. The first-order valence-electron chi connectivity index (χ1n) is 5.14. The number of thiazole rings is 1. The van der Waals surface area contributed by atoms with Crippen LogP contribution in [0.5, 0.6) is 0 Å². The normalized spacial score (nSPS) is 12.4. The summed E-state index contributed by atoms with van der Waals surface area (Å²) in [5.74, 6) is -1.31. The van der Waals surface area contributed by atoms with Gasteiger partial charge in [0.2, 0.25) is 0 Å². The highest BCUT2D eigenvalue weighted by molar-refractivity contribution is 7.13. The summed E-state index contributed by atoms with van der Waals surface area (Å²) in [6.07, 6.45) is 0.487. The molecule has 0 fully saturated rings. The van der Waals surface area contributed by atoms with Crippen molar-refractivity contribution in [1.82, 2.24) is 4.98 Å². The van der Waals surface area contributed by atoms with Crippen molar-refractivity contribution in [2.24, 2.45) is 11.7 Å². The van der Waals surface area contributed by atoms with E-state index in [-0.39, 0.29) is 11.6 Å². The Morgan fingerprint density at radius 1 is 1.59 bits per heavy atom. The van der Waals surface area contributed by atoms with Gasteiger partial charge in [0, 0.05) is 5.38 Å². The Bertz CT molecular complexity index is 417. The fourth-order valence-corrected chi connectivity index (χ4v) is 2.05. The first-order chi connectivity index (χ1) is 7.90. The van der Waals surface area contributed by atoms with Crippen LogP contribution in [0.4, 0.5) is 5.13 Å². The fraction of sp³-hybridized carbons (Fsp3) is 0.500. The van der Waals surface area contributed by atoms with Crippen molar-refractivity contribution in [2.75, 3.05) is 5.32 Å². The van der Waals surface area contributed by atoms with Gasteiger partial charge in [-0.2, -0.15) is 0 Å². The molecule has 0 saturated carbocycles. The lowest BCUT2D eigenvalue weighted by Crippen LogP contribution is -2.30. The van der Waals surface area contributed by atoms with Crippen LogP contribution in [0, 0.1) is 5.92 Å². The molecule has 1 rings (SSSR count). The van der Waals surface area contributed by atoms with Gasteiger partial charge in [-0.05, 0) is 12.3 Å². The minimum atomic E-state index is -0.936. The van der Waals surface area contributed by atoms with E-state index in [1.165, 1.54) is 5.38 Å². The number of amides is 1. The van der Waals surface area contributed by atoms with Gasteiger partial charge in [0.1, 0.15) is 11.7 Å². The topological polar surface area (TPSA) is 105 Å². The maximum atomic E-state index is 11.0. The van der Waals surface area contributed by atoms with Gasteiger partial charge in [-0.1, -0.05) is 13.8 Å². The molecule has 17 heavy (non-hydrogen) atoms. The molecule has 1 heterocycles. The van der Waals surface area contributed by atoms with Gasteiger partial charge < -0.3 is 16.2 Å². The second kappa shape index (κ2) is 5.62. The lowest BCUT2D eigenvalue weighted by Gasteiger charge is -2.15. The molecule has 94 valence electrons. The van der Waals surface area contributed by atoms with Crippen molar-refractivity contribution in [1.29, 1.82) is 0 Å². The number of carbonyl (C=O) groups is 2. The molecule has 1 atom stereocenters. The Hall–Kier alpha value is -1.63. The number of aliphatic carboxylic acids is 1. The maximum absolute atomic E-state index is 11.0. The number of hydrogen-bond donors (Lipinski definition) is 3. The number of nitrogens with one attached hydrogen (secondary N) is 1. The second-order valence-corrected chi connectivity index (χ2v) is 4.92. The molecule has 6 nitrogen and oxygen atoms in total. The lowest BCUT2D eigenvalue weighted by molar-refractivity contribution is -0.138. The molecule has 1 aromatic heterocycles. The van der Waals surface area contributed by atoms with Gasteiger partial charge in [0.05, 0.1) is 0 Å². The van der Waals surface area contributed by atoms with E-state index >= 15 is 0 Å². The summed E-state index contributed by atoms with van der Waals surface area (Å²) in [6, 6.07) is -0.707. The number of carboxylic acids is 1. The van der Waals surface area contributed by atoms with Crippen molar-refractivity contribution < 1.29 is 14.7 Å². The molecule has 0 aromatic carbocycles. The van der Waals surface area contributed by atoms with E-state index in [9.17, 15) is 9.59 Å². The smallest absolute Gasteiger partial charge is 0.326 e. The van der Waals surface area contributed by atoms with Gasteiger partial charge in [-0.3, -0.25) is 4.79 Å². The number of nitrogens with zero attached hydrogens (tertiary/aromatic N) is 1. The predicted octanol–water partition coefficient (Wildman–Crippen LogP) is 1.15. The van der Waals surface area contributed by atoms with Crippen LogP contribution in [0.1, 0.15) is 30.8 Å². The molecule has 0 saturated heterocycles. The molecule has 0 bridgehead atoms. The van der Waals surface area contributed by atoms with Gasteiger partial charge in [-0.15, -0.1) is 11.3 Å². The maximum Gasteiger partial charge on any atom is 0.326 e. The number of anilines is 1. The zero-order chi connectivity index (χ0) is 13.0. The number of primary amides is 1. The molecule has 0 aliphatic heterocycles. The zero-order valence-electron chi connectivity index (χ0n) is 9.64. The molecule has 1 aromatic rings. The first-order valence-corrected chi connectivity index (χ1v) is 6.02. The molecule has 0 aliphatic rings. The van der Waals surface area contributed by atoms with Crippen LogP contribution in [0.2, 0.25) is 0 Å². The van der Waals surface area contributed by atoms with E-state index in [2.05, 4.69) is 10.3 Å². The lowest BCUT2D eigenvalue weighted by atomic mass is 10.0. The van der Waals surface area contributed by atoms with Crippen molar-refractivity contribution in [3.05, 3.63) is 11.1 Å². The third-order valence-electron chi connectivity index (χ3n) is 2.06. The standard InChI is InChI=1S/C10H15N3O3S/c1-5(2)3-6(9(15)16)12-10-13-7(4-17-10)8(11)14/h4-6H,3H2,1-2H3,(H2,11,14)(H,12,13)(H,15,16). The molecule has 1 amide bonds. The minimum absolute atomic E-state index is 0.145. The quantitative estimate of drug-likeness (QED) is 0.709. The molecule has 4 N–H and O–H groups in total. The third kappa shape index (κ3) is 4.03. The van der Waals surface area contributed by atoms with Crippen LogP contribution in [-0.4, -0.2) is 28.0 Å². The summed E-state index contributed by atoms with van der Waals surface area (Å²) in [7, 11) is 0.